The van der Waals surface area contributed by atoms with E-state index in [1.54, 1.807) is 9.80 Å². The summed E-state index contributed by atoms with van der Waals surface area (Å²) in [5, 5.41) is 2.68. The SMILES string of the molecule is NC(=S)C(CN1CCN2C(=O)NCC2C1)C(F)(F)F. The smallest absolute Gasteiger partial charge is 0.393 e. The first-order chi connectivity index (χ1) is 8.79. The Morgan fingerprint density at radius 3 is 2.79 bits per heavy atom. The van der Waals surface area contributed by atoms with Crippen LogP contribution in [0.2, 0.25) is 0 Å². The fourth-order valence-corrected chi connectivity index (χ4v) is 2.66. The van der Waals surface area contributed by atoms with Crippen LogP contribution in [0.4, 0.5) is 18.0 Å². The van der Waals surface area contributed by atoms with E-state index < -0.39 is 17.1 Å². The van der Waals surface area contributed by atoms with Gasteiger partial charge in [-0.05, 0) is 0 Å². The van der Waals surface area contributed by atoms with Gasteiger partial charge in [0.1, 0.15) is 5.92 Å². The predicted molar refractivity (Wildman–Crippen MR) is 66.7 cm³/mol. The molecule has 0 saturated carbocycles. The quantitative estimate of drug-likeness (QED) is 0.728. The minimum Gasteiger partial charge on any atom is -0.393 e. The van der Waals surface area contributed by atoms with Crippen molar-refractivity contribution < 1.29 is 18.0 Å². The summed E-state index contributed by atoms with van der Waals surface area (Å²) in [5.74, 6) is -1.79. The second-order valence-corrected chi connectivity index (χ2v) is 5.26. The molecule has 2 atom stereocenters. The Labute approximate surface area is 113 Å². The standard InChI is InChI=1S/C10H15F3N4OS/c11-10(12,13)7(8(14)19)5-16-1-2-17-6(4-16)3-15-9(17)18/h6-7H,1-5H2,(H2,14,19)(H,15,18). The molecule has 2 amide bonds. The van der Waals surface area contributed by atoms with Gasteiger partial charge < -0.3 is 16.0 Å². The van der Waals surface area contributed by atoms with Crippen LogP contribution in [-0.4, -0.2) is 65.8 Å². The molecule has 0 radical (unpaired) electrons. The summed E-state index contributed by atoms with van der Waals surface area (Å²) in [7, 11) is 0. The summed E-state index contributed by atoms with van der Waals surface area (Å²) in [6, 6.07) is -0.215. The molecule has 0 aliphatic carbocycles. The summed E-state index contributed by atoms with van der Waals surface area (Å²) < 4.78 is 38.4. The number of piperazine rings is 1. The van der Waals surface area contributed by atoms with Crippen LogP contribution in [0, 0.1) is 5.92 Å². The zero-order chi connectivity index (χ0) is 14.2. The van der Waals surface area contributed by atoms with Gasteiger partial charge in [0.15, 0.2) is 0 Å². The molecule has 9 heteroatoms. The average Bonchev–Trinajstić information content (AvgIpc) is 2.66. The van der Waals surface area contributed by atoms with Crippen molar-refractivity contribution in [3.8, 4) is 0 Å². The summed E-state index contributed by atoms with van der Waals surface area (Å²) in [4.78, 5) is 14.2. The van der Waals surface area contributed by atoms with E-state index in [1.807, 2.05) is 0 Å². The number of carbonyl (C=O) groups excluding carboxylic acids is 1. The van der Waals surface area contributed by atoms with Crippen LogP contribution in [0.1, 0.15) is 0 Å². The third-order valence-corrected chi connectivity index (χ3v) is 3.78. The van der Waals surface area contributed by atoms with Gasteiger partial charge in [-0.2, -0.15) is 13.2 Å². The summed E-state index contributed by atoms with van der Waals surface area (Å²) in [6.45, 7) is 1.47. The van der Waals surface area contributed by atoms with E-state index in [2.05, 4.69) is 17.5 Å². The van der Waals surface area contributed by atoms with E-state index >= 15 is 0 Å². The van der Waals surface area contributed by atoms with Gasteiger partial charge in [0.05, 0.1) is 11.0 Å². The first-order valence-electron chi connectivity index (χ1n) is 5.92. The van der Waals surface area contributed by atoms with Gasteiger partial charge in [-0.15, -0.1) is 0 Å². The summed E-state index contributed by atoms with van der Waals surface area (Å²) in [5.41, 5.74) is 5.18. The zero-order valence-corrected chi connectivity index (χ0v) is 10.9. The predicted octanol–water partition coefficient (Wildman–Crippen LogP) is 0.160. The van der Waals surface area contributed by atoms with Crippen LogP contribution in [0.3, 0.4) is 0 Å². The van der Waals surface area contributed by atoms with Gasteiger partial charge in [-0.25, -0.2) is 4.79 Å². The summed E-state index contributed by atoms with van der Waals surface area (Å²) >= 11 is 4.50. The average molecular weight is 296 g/mol. The van der Waals surface area contributed by atoms with Crippen molar-refractivity contribution in [2.45, 2.75) is 12.2 Å². The van der Waals surface area contributed by atoms with E-state index in [0.29, 0.717) is 26.2 Å². The largest absolute Gasteiger partial charge is 0.399 e. The van der Waals surface area contributed by atoms with Crippen molar-refractivity contribution in [1.82, 2.24) is 15.1 Å². The molecule has 0 spiro atoms. The number of nitrogens with zero attached hydrogens (tertiary/aromatic N) is 2. The fourth-order valence-electron chi connectivity index (χ4n) is 2.45. The third-order valence-electron chi connectivity index (χ3n) is 3.50. The van der Waals surface area contributed by atoms with Crippen LogP contribution in [-0.2, 0) is 0 Å². The molecule has 0 bridgehead atoms. The number of hydrogen-bond acceptors (Lipinski definition) is 3. The number of rotatable bonds is 3. The molecule has 108 valence electrons. The summed E-state index contributed by atoms with van der Waals surface area (Å²) in [6.07, 6.45) is -4.42. The molecular weight excluding hydrogens is 281 g/mol. The maximum Gasteiger partial charge on any atom is 0.399 e. The normalized spacial score (nSPS) is 25.9. The van der Waals surface area contributed by atoms with Crippen molar-refractivity contribution in [2.24, 2.45) is 11.7 Å². The molecule has 2 saturated heterocycles. The van der Waals surface area contributed by atoms with Gasteiger partial charge >= 0.3 is 12.2 Å². The van der Waals surface area contributed by atoms with E-state index in [0.717, 1.165) is 0 Å². The first kappa shape index (κ1) is 14.3. The number of nitrogens with one attached hydrogen (secondary N) is 1. The van der Waals surface area contributed by atoms with Crippen LogP contribution < -0.4 is 11.1 Å². The molecule has 0 aromatic heterocycles. The fraction of sp³-hybridized carbons (Fsp3) is 0.800. The highest BCUT2D eigenvalue weighted by atomic mass is 32.1. The van der Waals surface area contributed by atoms with Crippen LogP contribution in [0.5, 0.6) is 0 Å². The lowest BCUT2D eigenvalue weighted by atomic mass is 10.1. The van der Waals surface area contributed by atoms with E-state index in [1.165, 1.54) is 0 Å². The Hall–Kier alpha value is -1.09. The third kappa shape index (κ3) is 3.08. The molecule has 2 rings (SSSR count). The minimum atomic E-state index is -4.42. The highest BCUT2D eigenvalue weighted by molar-refractivity contribution is 7.80. The van der Waals surface area contributed by atoms with Crippen molar-refractivity contribution in [1.29, 1.82) is 0 Å². The van der Waals surface area contributed by atoms with Crippen LogP contribution >= 0.6 is 12.2 Å². The number of amides is 2. The molecule has 2 unspecified atom stereocenters. The molecule has 2 heterocycles. The first-order valence-corrected chi connectivity index (χ1v) is 6.32. The van der Waals surface area contributed by atoms with Crippen LogP contribution in [0.15, 0.2) is 0 Å². The van der Waals surface area contributed by atoms with Gasteiger partial charge in [0.25, 0.3) is 0 Å². The topological polar surface area (TPSA) is 61.6 Å². The molecule has 2 fully saturated rings. The second-order valence-electron chi connectivity index (χ2n) is 4.79. The lowest BCUT2D eigenvalue weighted by molar-refractivity contribution is -0.160. The Balaban J connectivity index is 1.97. The van der Waals surface area contributed by atoms with Gasteiger partial charge in [-0.3, -0.25) is 4.90 Å². The molecule has 5 nitrogen and oxygen atoms in total. The molecule has 0 aromatic carbocycles. The maximum atomic E-state index is 12.8. The Bertz CT molecular complexity index is 389. The number of hydrogen-bond donors (Lipinski definition) is 2. The highest BCUT2D eigenvalue weighted by Gasteiger charge is 2.44. The number of urea groups is 1. The molecule has 19 heavy (non-hydrogen) atoms. The van der Waals surface area contributed by atoms with Crippen molar-refractivity contribution in [2.75, 3.05) is 32.7 Å². The number of fused-ring (bicyclic) bond motifs is 1. The zero-order valence-electron chi connectivity index (χ0n) is 10.1. The Morgan fingerprint density at radius 1 is 1.53 bits per heavy atom. The second kappa shape index (κ2) is 5.12. The molecular formula is C10H15F3N4OS. The molecule has 3 N–H and O–H groups in total. The van der Waals surface area contributed by atoms with Crippen molar-refractivity contribution >= 4 is 23.2 Å². The minimum absolute atomic E-state index is 0.0681. The lowest BCUT2D eigenvalue weighted by Crippen LogP contribution is -2.55. The number of thiocarbonyl (C=S) groups is 1. The van der Waals surface area contributed by atoms with E-state index in [4.69, 9.17) is 5.73 Å². The Morgan fingerprint density at radius 2 is 2.21 bits per heavy atom. The molecule has 0 aromatic rings. The number of nitrogens with two attached hydrogens (primary N) is 1. The van der Waals surface area contributed by atoms with Crippen molar-refractivity contribution in [3.63, 3.8) is 0 Å². The number of halogens is 3. The maximum absolute atomic E-state index is 12.8. The highest BCUT2D eigenvalue weighted by Crippen LogP contribution is 2.28. The van der Waals surface area contributed by atoms with E-state index in [-0.39, 0.29) is 18.6 Å². The van der Waals surface area contributed by atoms with Crippen LogP contribution in [0.25, 0.3) is 0 Å². The molecule has 2 aliphatic rings. The number of alkyl halides is 3. The van der Waals surface area contributed by atoms with E-state index in [9.17, 15) is 18.0 Å². The lowest BCUT2D eigenvalue weighted by Gasteiger charge is -2.38. The van der Waals surface area contributed by atoms with Gasteiger partial charge in [0, 0.05) is 32.7 Å². The Kier molecular flexibility index (Phi) is 3.86. The van der Waals surface area contributed by atoms with Gasteiger partial charge in [0.2, 0.25) is 0 Å². The number of carbonyl (C=O) groups is 1. The molecule has 2 aliphatic heterocycles. The monoisotopic (exact) mass is 296 g/mol. The van der Waals surface area contributed by atoms with Crippen molar-refractivity contribution in [3.05, 3.63) is 0 Å². The van der Waals surface area contributed by atoms with Gasteiger partial charge in [-0.1, -0.05) is 12.2 Å².